The number of aryl methyl sites for hydroxylation is 1. The van der Waals surface area contributed by atoms with E-state index in [1.165, 1.54) is 17.0 Å². The second-order valence-electron chi connectivity index (χ2n) is 7.11. The molecule has 7 heteroatoms. The van der Waals surface area contributed by atoms with Gasteiger partial charge in [0.05, 0.1) is 18.3 Å². The Morgan fingerprint density at radius 3 is 2.46 bits per heavy atom. The highest BCUT2D eigenvalue weighted by molar-refractivity contribution is 6.05. The number of hydrogen-bond donors (Lipinski definition) is 0. The molecule has 2 aromatic rings. The Hall–Kier alpha value is -3.22. The van der Waals surface area contributed by atoms with Crippen LogP contribution < -0.4 is 10.4 Å². The van der Waals surface area contributed by atoms with Crippen LogP contribution in [0, 0.1) is 18.8 Å². The van der Waals surface area contributed by atoms with Crippen molar-refractivity contribution in [3.05, 3.63) is 52.4 Å². The van der Waals surface area contributed by atoms with Gasteiger partial charge < -0.3 is 9.15 Å². The zero-order valence-electron chi connectivity index (χ0n) is 15.3. The van der Waals surface area contributed by atoms with Crippen LogP contribution >= 0.6 is 0 Å². The zero-order chi connectivity index (χ0) is 19.8. The van der Waals surface area contributed by atoms with Gasteiger partial charge in [0.2, 0.25) is 11.8 Å². The van der Waals surface area contributed by atoms with Gasteiger partial charge in [0.25, 0.3) is 0 Å². The van der Waals surface area contributed by atoms with Gasteiger partial charge in [-0.15, -0.1) is 0 Å². The Morgan fingerprint density at radius 1 is 1.11 bits per heavy atom. The summed E-state index contributed by atoms with van der Waals surface area (Å²) < 4.78 is 10.4. The maximum absolute atomic E-state index is 12.4. The first-order valence-corrected chi connectivity index (χ1v) is 9.19. The molecule has 0 saturated carbocycles. The van der Waals surface area contributed by atoms with Crippen LogP contribution in [0.1, 0.15) is 24.8 Å². The average Bonchev–Trinajstić information content (AvgIpc) is 2.90. The molecule has 7 nitrogen and oxygen atoms in total. The Kier molecular flexibility index (Phi) is 4.58. The molecule has 2 amide bonds. The lowest BCUT2D eigenvalue weighted by Gasteiger charge is -2.14. The Labute approximate surface area is 160 Å². The van der Waals surface area contributed by atoms with E-state index in [0.29, 0.717) is 18.4 Å². The lowest BCUT2D eigenvalue weighted by molar-refractivity contribution is -0.141. The Morgan fingerprint density at radius 2 is 1.79 bits per heavy atom. The average molecular weight is 381 g/mol. The van der Waals surface area contributed by atoms with Crippen molar-refractivity contribution in [2.75, 3.05) is 6.54 Å². The topological polar surface area (TPSA) is 93.9 Å². The maximum atomic E-state index is 12.4. The molecule has 4 rings (SSSR count). The summed E-state index contributed by atoms with van der Waals surface area (Å²) in [6.07, 6.45) is 4.88. The number of ether oxygens (including phenoxy) is 1. The second kappa shape index (κ2) is 7.07. The lowest BCUT2D eigenvalue weighted by Crippen LogP contribution is -2.33. The molecule has 144 valence electrons. The third kappa shape index (κ3) is 3.24. The van der Waals surface area contributed by atoms with Gasteiger partial charge in [-0.2, -0.15) is 0 Å². The van der Waals surface area contributed by atoms with E-state index in [4.69, 9.17) is 9.15 Å². The van der Waals surface area contributed by atoms with Crippen LogP contribution in [0.15, 0.2) is 45.6 Å². The first-order valence-electron chi connectivity index (χ1n) is 9.19. The largest absolute Gasteiger partial charge is 0.426 e. The predicted molar refractivity (Wildman–Crippen MR) is 99.5 cm³/mol. The quantitative estimate of drug-likeness (QED) is 0.265. The summed E-state index contributed by atoms with van der Waals surface area (Å²) in [6.45, 7) is 1.80. The molecular formula is C21H19NO6. The molecule has 0 radical (unpaired) electrons. The summed E-state index contributed by atoms with van der Waals surface area (Å²) in [7, 11) is 0. The van der Waals surface area contributed by atoms with Gasteiger partial charge in [0.1, 0.15) is 11.3 Å². The van der Waals surface area contributed by atoms with E-state index in [9.17, 15) is 19.2 Å². The summed E-state index contributed by atoms with van der Waals surface area (Å²) in [5.41, 5.74) is 0.624. The lowest BCUT2D eigenvalue weighted by atomic mass is 9.85. The van der Waals surface area contributed by atoms with Crippen molar-refractivity contribution in [3.63, 3.8) is 0 Å². The zero-order valence-corrected chi connectivity index (χ0v) is 15.3. The van der Waals surface area contributed by atoms with E-state index < -0.39 is 11.6 Å². The molecule has 1 aromatic carbocycles. The molecule has 28 heavy (non-hydrogen) atoms. The molecule has 1 fully saturated rings. The van der Waals surface area contributed by atoms with Crippen molar-refractivity contribution in [3.8, 4) is 5.75 Å². The number of carbonyl (C=O) groups excluding carboxylic acids is 3. The molecule has 2 heterocycles. The fourth-order valence-corrected chi connectivity index (χ4v) is 3.84. The molecule has 0 unspecified atom stereocenters. The molecule has 2 atom stereocenters. The van der Waals surface area contributed by atoms with E-state index in [-0.39, 0.29) is 42.4 Å². The maximum Gasteiger partial charge on any atom is 0.336 e. The van der Waals surface area contributed by atoms with Crippen LogP contribution in [-0.4, -0.2) is 29.2 Å². The van der Waals surface area contributed by atoms with Crippen molar-refractivity contribution >= 4 is 28.8 Å². The minimum atomic E-state index is -0.567. The standard InChI is InChI=1S/C21H19NO6/c1-12-10-19(24)28-17-11-13(6-7-14(12)17)27-18(23)8-9-22-20(25)15-4-2-3-5-16(15)21(22)26/h2-3,6-7,10-11,15-16H,4-5,8-9H2,1H3/t15-,16-/m1/s1. The molecule has 1 aliphatic heterocycles. The van der Waals surface area contributed by atoms with Crippen molar-refractivity contribution in [1.82, 2.24) is 4.90 Å². The number of esters is 1. The molecule has 1 saturated heterocycles. The van der Waals surface area contributed by atoms with Crippen LogP contribution in [0.3, 0.4) is 0 Å². The van der Waals surface area contributed by atoms with Gasteiger partial charge in [-0.05, 0) is 37.5 Å². The highest BCUT2D eigenvalue weighted by atomic mass is 16.5. The first-order chi connectivity index (χ1) is 13.4. The molecule has 1 aliphatic carbocycles. The van der Waals surface area contributed by atoms with Crippen LogP contribution in [0.25, 0.3) is 11.0 Å². The number of fused-ring (bicyclic) bond motifs is 2. The third-order valence-electron chi connectivity index (χ3n) is 5.29. The van der Waals surface area contributed by atoms with Gasteiger partial charge in [-0.1, -0.05) is 12.2 Å². The summed E-state index contributed by atoms with van der Waals surface area (Å²) in [5, 5.41) is 0.754. The van der Waals surface area contributed by atoms with Gasteiger partial charge in [-0.3, -0.25) is 19.3 Å². The normalized spacial score (nSPS) is 21.2. The number of amides is 2. The number of benzene rings is 1. The molecule has 2 aliphatic rings. The van der Waals surface area contributed by atoms with E-state index in [1.54, 1.807) is 19.1 Å². The number of hydrogen-bond acceptors (Lipinski definition) is 6. The smallest absolute Gasteiger partial charge is 0.336 e. The minimum Gasteiger partial charge on any atom is -0.426 e. The predicted octanol–water partition coefficient (Wildman–Crippen LogP) is 2.35. The highest BCUT2D eigenvalue weighted by Gasteiger charge is 2.46. The van der Waals surface area contributed by atoms with Crippen molar-refractivity contribution < 1.29 is 23.5 Å². The second-order valence-corrected chi connectivity index (χ2v) is 7.11. The van der Waals surface area contributed by atoms with Crippen LogP contribution in [0.5, 0.6) is 5.75 Å². The minimum absolute atomic E-state index is 0.00523. The summed E-state index contributed by atoms with van der Waals surface area (Å²) >= 11 is 0. The first kappa shape index (κ1) is 18.2. The monoisotopic (exact) mass is 381 g/mol. The fraction of sp³-hybridized carbons (Fsp3) is 0.333. The van der Waals surface area contributed by atoms with Gasteiger partial charge in [-0.25, -0.2) is 4.79 Å². The summed E-state index contributed by atoms with van der Waals surface area (Å²) in [6, 6.07) is 6.19. The van der Waals surface area contributed by atoms with Crippen LogP contribution in [-0.2, 0) is 14.4 Å². The van der Waals surface area contributed by atoms with E-state index in [0.717, 1.165) is 10.9 Å². The number of imide groups is 1. The van der Waals surface area contributed by atoms with Crippen molar-refractivity contribution in [2.45, 2.75) is 26.2 Å². The van der Waals surface area contributed by atoms with Crippen molar-refractivity contribution in [2.24, 2.45) is 11.8 Å². The third-order valence-corrected chi connectivity index (χ3v) is 5.29. The molecule has 0 bridgehead atoms. The van der Waals surface area contributed by atoms with Gasteiger partial charge in [0, 0.05) is 24.1 Å². The Bertz CT molecular complexity index is 1040. The van der Waals surface area contributed by atoms with Crippen LogP contribution in [0.2, 0.25) is 0 Å². The van der Waals surface area contributed by atoms with Gasteiger partial charge in [0.15, 0.2) is 0 Å². The number of carbonyl (C=O) groups is 3. The van der Waals surface area contributed by atoms with Gasteiger partial charge >= 0.3 is 11.6 Å². The summed E-state index contributed by atoms with van der Waals surface area (Å²) in [4.78, 5) is 49.7. The van der Waals surface area contributed by atoms with Crippen molar-refractivity contribution in [1.29, 1.82) is 0 Å². The molecule has 1 aromatic heterocycles. The Balaban J connectivity index is 1.41. The van der Waals surface area contributed by atoms with E-state index in [1.807, 2.05) is 12.2 Å². The summed E-state index contributed by atoms with van der Waals surface area (Å²) in [5.74, 6) is -1.36. The SMILES string of the molecule is Cc1cc(=O)oc2cc(OC(=O)CCN3C(=O)[C@@H]4CC=CC[C@H]4C3=O)ccc12. The van der Waals surface area contributed by atoms with Crippen LogP contribution in [0.4, 0.5) is 0 Å². The van der Waals surface area contributed by atoms with E-state index >= 15 is 0 Å². The molecule has 0 N–H and O–H groups in total. The molecular weight excluding hydrogens is 362 g/mol. The number of nitrogens with zero attached hydrogens (tertiary/aromatic N) is 1. The highest BCUT2D eigenvalue weighted by Crippen LogP contribution is 2.35. The molecule has 0 spiro atoms. The fourth-order valence-electron chi connectivity index (χ4n) is 3.84. The number of rotatable bonds is 4. The number of likely N-dealkylation sites (tertiary alicyclic amines) is 1. The van der Waals surface area contributed by atoms with E-state index in [2.05, 4.69) is 0 Å². The number of allylic oxidation sites excluding steroid dienone is 2.